The summed E-state index contributed by atoms with van der Waals surface area (Å²) < 4.78 is 11.1. The third-order valence-corrected chi connectivity index (χ3v) is 3.23. The summed E-state index contributed by atoms with van der Waals surface area (Å²) in [5.74, 6) is 1.74. The second-order valence-electron chi connectivity index (χ2n) is 5.55. The molecule has 0 radical (unpaired) electrons. The predicted octanol–water partition coefficient (Wildman–Crippen LogP) is 4.08. The van der Waals surface area contributed by atoms with Gasteiger partial charge in [-0.2, -0.15) is 0 Å². The number of benzene rings is 1. The van der Waals surface area contributed by atoms with Crippen molar-refractivity contribution in [3.8, 4) is 5.75 Å². The molecule has 1 atom stereocenters. The minimum Gasteiger partial charge on any atom is -0.489 e. The van der Waals surface area contributed by atoms with Crippen LogP contribution in [0.15, 0.2) is 41.0 Å². The zero-order valence-electron chi connectivity index (χ0n) is 12.9. The van der Waals surface area contributed by atoms with Crippen molar-refractivity contribution in [2.75, 3.05) is 11.1 Å². The van der Waals surface area contributed by atoms with Crippen LogP contribution in [0.4, 0.5) is 11.4 Å². The maximum Gasteiger partial charge on any atom is 0.144 e. The average molecular weight is 288 g/mol. The topological polar surface area (TPSA) is 60.4 Å². The second-order valence-corrected chi connectivity index (χ2v) is 5.55. The van der Waals surface area contributed by atoms with Crippen molar-refractivity contribution in [2.24, 2.45) is 0 Å². The molecule has 0 aliphatic heterocycles. The molecule has 4 nitrogen and oxygen atoms in total. The molecule has 4 heteroatoms. The van der Waals surface area contributed by atoms with E-state index < -0.39 is 0 Å². The number of hydrogen-bond donors (Lipinski definition) is 2. The highest BCUT2D eigenvalue weighted by molar-refractivity contribution is 5.73. The van der Waals surface area contributed by atoms with Crippen LogP contribution >= 0.6 is 0 Å². The first-order valence-corrected chi connectivity index (χ1v) is 7.40. The number of nitrogens with two attached hydrogens (primary N) is 1. The van der Waals surface area contributed by atoms with Gasteiger partial charge < -0.3 is 20.2 Å². The standard InChI is InChI=1S/C17H24N2O2/c1-12(2)21-16-8-4-7-15(17(16)18)19-13(3)9-10-14-6-5-11-20-14/h4-8,11-13,19H,9-10,18H2,1-3H3. The van der Waals surface area contributed by atoms with E-state index >= 15 is 0 Å². The number of aryl methyl sites for hydroxylation is 1. The van der Waals surface area contributed by atoms with Gasteiger partial charge in [0.15, 0.2) is 0 Å². The lowest BCUT2D eigenvalue weighted by molar-refractivity contribution is 0.244. The van der Waals surface area contributed by atoms with E-state index in [-0.39, 0.29) is 6.10 Å². The van der Waals surface area contributed by atoms with Gasteiger partial charge in [0.25, 0.3) is 0 Å². The number of rotatable bonds is 7. The first kappa shape index (κ1) is 15.3. The number of furan rings is 1. The molecule has 21 heavy (non-hydrogen) atoms. The molecule has 3 N–H and O–H groups in total. The maximum absolute atomic E-state index is 6.16. The summed E-state index contributed by atoms with van der Waals surface area (Å²) in [5.41, 5.74) is 7.74. The molecule has 114 valence electrons. The molecule has 0 spiro atoms. The molecule has 0 aliphatic carbocycles. The van der Waals surface area contributed by atoms with Crippen LogP contribution < -0.4 is 15.8 Å². The van der Waals surface area contributed by atoms with E-state index in [4.69, 9.17) is 14.9 Å². The zero-order valence-corrected chi connectivity index (χ0v) is 12.9. The second kappa shape index (κ2) is 7.07. The summed E-state index contributed by atoms with van der Waals surface area (Å²) in [5, 5.41) is 3.44. The Hall–Kier alpha value is -2.10. The summed E-state index contributed by atoms with van der Waals surface area (Å²) in [6.07, 6.45) is 3.70. The van der Waals surface area contributed by atoms with Gasteiger partial charge in [0.05, 0.1) is 23.7 Å². The van der Waals surface area contributed by atoms with Crippen molar-refractivity contribution >= 4 is 11.4 Å². The van der Waals surface area contributed by atoms with E-state index in [1.807, 2.05) is 44.2 Å². The lowest BCUT2D eigenvalue weighted by Gasteiger charge is -2.19. The predicted molar refractivity (Wildman–Crippen MR) is 86.7 cm³/mol. The van der Waals surface area contributed by atoms with Gasteiger partial charge in [-0.15, -0.1) is 0 Å². The van der Waals surface area contributed by atoms with Crippen molar-refractivity contribution in [1.29, 1.82) is 0 Å². The van der Waals surface area contributed by atoms with E-state index in [9.17, 15) is 0 Å². The number of hydrogen-bond acceptors (Lipinski definition) is 4. The van der Waals surface area contributed by atoms with Gasteiger partial charge in [-0.05, 0) is 51.5 Å². The molecule has 1 aromatic heterocycles. The van der Waals surface area contributed by atoms with Gasteiger partial charge in [-0.3, -0.25) is 0 Å². The largest absolute Gasteiger partial charge is 0.489 e. The van der Waals surface area contributed by atoms with Crippen LogP contribution in [0.2, 0.25) is 0 Å². The Balaban J connectivity index is 1.95. The Morgan fingerprint density at radius 2 is 2.00 bits per heavy atom. The van der Waals surface area contributed by atoms with Crippen LogP contribution in [0.25, 0.3) is 0 Å². The summed E-state index contributed by atoms with van der Waals surface area (Å²) >= 11 is 0. The van der Waals surface area contributed by atoms with Crippen LogP contribution in [0.3, 0.4) is 0 Å². The monoisotopic (exact) mass is 288 g/mol. The lowest BCUT2D eigenvalue weighted by atomic mass is 10.1. The molecule has 2 aromatic rings. The molecule has 0 saturated carbocycles. The van der Waals surface area contributed by atoms with Gasteiger partial charge in [-0.25, -0.2) is 0 Å². The van der Waals surface area contributed by atoms with E-state index in [0.29, 0.717) is 11.7 Å². The van der Waals surface area contributed by atoms with E-state index in [0.717, 1.165) is 30.0 Å². The molecule has 1 unspecified atom stereocenters. The maximum atomic E-state index is 6.16. The van der Waals surface area contributed by atoms with Crippen molar-refractivity contribution in [3.05, 3.63) is 42.4 Å². The Morgan fingerprint density at radius 1 is 1.19 bits per heavy atom. The Kier molecular flexibility index (Phi) is 5.14. The summed E-state index contributed by atoms with van der Waals surface area (Å²) in [6, 6.07) is 10.0. The molecule has 0 bridgehead atoms. The lowest BCUT2D eigenvalue weighted by Crippen LogP contribution is -2.17. The highest BCUT2D eigenvalue weighted by Gasteiger charge is 2.10. The minimum atomic E-state index is 0.110. The highest BCUT2D eigenvalue weighted by atomic mass is 16.5. The molecule has 0 saturated heterocycles. The summed E-state index contributed by atoms with van der Waals surface area (Å²) in [7, 11) is 0. The first-order chi connectivity index (χ1) is 10.1. The first-order valence-electron chi connectivity index (χ1n) is 7.40. The Labute approximate surface area is 126 Å². The average Bonchev–Trinajstić information content (AvgIpc) is 2.94. The molecule has 1 aromatic carbocycles. The van der Waals surface area contributed by atoms with Crippen LogP contribution in [0.1, 0.15) is 33.0 Å². The third-order valence-electron chi connectivity index (χ3n) is 3.23. The Bertz CT molecular complexity index is 550. The van der Waals surface area contributed by atoms with Gasteiger partial charge in [0.2, 0.25) is 0 Å². The summed E-state index contributed by atoms with van der Waals surface area (Å²) in [4.78, 5) is 0. The molecular weight excluding hydrogens is 264 g/mol. The molecule has 1 heterocycles. The van der Waals surface area contributed by atoms with Crippen molar-refractivity contribution in [2.45, 2.75) is 45.8 Å². The number of nitrogens with one attached hydrogen (secondary N) is 1. The van der Waals surface area contributed by atoms with Crippen LogP contribution in [-0.4, -0.2) is 12.1 Å². The Morgan fingerprint density at radius 3 is 2.67 bits per heavy atom. The number of anilines is 2. The van der Waals surface area contributed by atoms with Gasteiger partial charge in [0.1, 0.15) is 11.5 Å². The smallest absolute Gasteiger partial charge is 0.144 e. The third kappa shape index (κ3) is 4.45. The van der Waals surface area contributed by atoms with Crippen LogP contribution in [0.5, 0.6) is 5.75 Å². The number of para-hydroxylation sites is 1. The fourth-order valence-corrected chi connectivity index (χ4v) is 2.18. The van der Waals surface area contributed by atoms with E-state index in [2.05, 4.69) is 12.2 Å². The van der Waals surface area contributed by atoms with Crippen LogP contribution in [-0.2, 0) is 6.42 Å². The van der Waals surface area contributed by atoms with Crippen LogP contribution in [0, 0.1) is 0 Å². The van der Waals surface area contributed by atoms with Crippen molar-refractivity contribution in [3.63, 3.8) is 0 Å². The SMILES string of the molecule is CC(CCc1ccco1)Nc1cccc(OC(C)C)c1N. The van der Waals surface area contributed by atoms with E-state index in [1.165, 1.54) is 0 Å². The van der Waals surface area contributed by atoms with Gasteiger partial charge in [-0.1, -0.05) is 6.07 Å². The van der Waals surface area contributed by atoms with Crippen molar-refractivity contribution in [1.82, 2.24) is 0 Å². The van der Waals surface area contributed by atoms with Crippen molar-refractivity contribution < 1.29 is 9.15 Å². The molecule has 0 aliphatic rings. The van der Waals surface area contributed by atoms with Gasteiger partial charge >= 0.3 is 0 Å². The van der Waals surface area contributed by atoms with Gasteiger partial charge in [0, 0.05) is 12.5 Å². The number of nitrogen functional groups attached to an aromatic ring is 1. The fraction of sp³-hybridized carbons (Fsp3) is 0.412. The normalized spacial score (nSPS) is 12.4. The van der Waals surface area contributed by atoms with E-state index in [1.54, 1.807) is 6.26 Å². The number of ether oxygens (including phenoxy) is 1. The summed E-state index contributed by atoms with van der Waals surface area (Å²) in [6.45, 7) is 6.12. The molecular formula is C17H24N2O2. The minimum absolute atomic E-state index is 0.110. The quantitative estimate of drug-likeness (QED) is 0.754. The fourth-order valence-electron chi connectivity index (χ4n) is 2.18. The highest BCUT2D eigenvalue weighted by Crippen LogP contribution is 2.30. The molecule has 2 rings (SSSR count). The zero-order chi connectivity index (χ0) is 15.2. The molecule has 0 amide bonds. The molecule has 0 fully saturated rings.